The molecule has 0 spiro atoms. The van der Waals surface area contributed by atoms with Crippen LogP contribution >= 0.6 is 22.9 Å². The van der Waals surface area contributed by atoms with Gasteiger partial charge >= 0.3 is 0 Å². The van der Waals surface area contributed by atoms with Crippen molar-refractivity contribution in [3.8, 4) is 16.9 Å². The Morgan fingerprint density at radius 1 is 1.08 bits per heavy atom. The fraction of sp³-hybridized carbons (Fsp3) is 0.0526. The number of rotatable bonds is 3. The molecule has 124 valence electrons. The topological polar surface area (TPSA) is 58.0 Å². The molecule has 0 fully saturated rings. The highest BCUT2D eigenvalue weighted by molar-refractivity contribution is 7.17. The van der Waals surface area contributed by atoms with Gasteiger partial charge in [-0.2, -0.15) is 4.98 Å². The van der Waals surface area contributed by atoms with E-state index in [4.69, 9.17) is 11.6 Å². The third kappa shape index (κ3) is 3.04. The molecule has 0 aliphatic heterocycles. The molecule has 2 heterocycles. The summed E-state index contributed by atoms with van der Waals surface area (Å²) in [5.41, 5.74) is 3.73. The first-order chi connectivity index (χ1) is 12.1. The van der Waals surface area contributed by atoms with Crippen LogP contribution in [-0.4, -0.2) is 15.1 Å². The summed E-state index contributed by atoms with van der Waals surface area (Å²) >= 11 is 7.62. The van der Waals surface area contributed by atoms with E-state index in [0.29, 0.717) is 11.5 Å². The number of thiophene rings is 1. The lowest BCUT2D eigenvalue weighted by Crippen LogP contribution is -1.97. The Kier molecular flexibility index (Phi) is 4.03. The molecule has 2 N–H and O–H groups in total. The van der Waals surface area contributed by atoms with Crippen LogP contribution in [0.1, 0.15) is 5.56 Å². The first-order valence-electron chi connectivity index (χ1n) is 7.68. The second-order valence-electron chi connectivity index (χ2n) is 5.68. The van der Waals surface area contributed by atoms with Crippen LogP contribution in [0.25, 0.3) is 21.3 Å². The molecule has 4 nitrogen and oxygen atoms in total. The van der Waals surface area contributed by atoms with E-state index >= 15 is 0 Å². The molecule has 0 bridgehead atoms. The number of hydrogen-bond donors (Lipinski definition) is 2. The molecule has 0 atom stereocenters. The molecule has 4 rings (SSSR count). The second-order valence-corrected chi connectivity index (χ2v) is 6.88. The highest BCUT2D eigenvalue weighted by Gasteiger charge is 2.16. The van der Waals surface area contributed by atoms with E-state index in [0.717, 1.165) is 26.9 Å². The van der Waals surface area contributed by atoms with Gasteiger partial charge in [-0.25, -0.2) is 4.98 Å². The van der Waals surface area contributed by atoms with Gasteiger partial charge in [0.2, 0.25) is 5.28 Å². The molecule has 25 heavy (non-hydrogen) atoms. The van der Waals surface area contributed by atoms with Crippen molar-refractivity contribution in [2.75, 3.05) is 5.32 Å². The van der Waals surface area contributed by atoms with E-state index in [9.17, 15) is 5.11 Å². The van der Waals surface area contributed by atoms with Crippen LogP contribution < -0.4 is 5.32 Å². The number of anilines is 2. The average molecular weight is 368 g/mol. The number of phenolic OH excluding ortho intramolecular Hbond substituents is 1. The Morgan fingerprint density at radius 2 is 1.88 bits per heavy atom. The van der Waals surface area contributed by atoms with E-state index in [-0.39, 0.29) is 11.0 Å². The molecule has 6 heteroatoms. The van der Waals surface area contributed by atoms with Crippen LogP contribution in [0.4, 0.5) is 11.5 Å². The molecule has 0 saturated carbocycles. The minimum absolute atomic E-state index is 0.157. The largest absolute Gasteiger partial charge is 0.506 e. The minimum Gasteiger partial charge on any atom is -0.506 e. The summed E-state index contributed by atoms with van der Waals surface area (Å²) in [5, 5.41) is 16.5. The quantitative estimate of drug-likeness (QED) is 0.356. The van der Waals surface area contributed by atoms with Crippen molar-refractivity contribution in [3.63, 3.8) is 0 Å². The number of aromatic hydroxyl groups is 1. The second kappa shape index (κ2) is 6.35. The molecule has 2 aromatic heterocycles. The molecule has 0 saturated heterocycles. The van der Waals surface area contributed by atoms with Crippen LogP contribution in [0.15, 0.2) is 53.9 Å². The SMILES string of the molecule is Cc1ccc(O)c(Nc2nc(Cl)nc3scc(-c4ccccc4)c23)c1. The predicted octanol–water partition coefficient (Wildman–Crippen LogP) is 5.77. The van der Waals surface area contributed by atoms with Gasteiger partial charge < -0.3 is 10.4 Å². The number of phenols is 1. The number of hydrogen-bond acceptors (Lipinski definition) is 5. The molecule has 0 unspecified atom stereocenters. The van der Waals surface area contributed by atoms with Gasteiger partial charge in [0, 0.05) is 10.9 Å². The first-order valence-corrected chi connectivity index (χ1v) is 8.94. The Labute approximate surface area is 153 Å². The fourth-order valence-corrected chi connectivity index (χ4v) is 3.88. The van der Waals surface area contributed by atoms with Gasteiger partial charge in [0.25, 0.3) is 0 Å². The van der Waals surface area contributed by atoms with Crippen molar-refractivity contribution >= 4 is 44.7 Å². The van der Waals surface area contributed by atoms with Crippen LogP contribution in [0, 0.1) is 6.92 Å². The van der Waals surface area contributed by atoms with Crippen LogP contribution in [0.3, 0.4) is 0 Å². The maximum absolute atomic E-state index is 10.1. The number of benzene rings is 2. The van der Waals surface area contributed by atoms with E-state index in [2.05, 4.69) is 15.3 Å². The van der Waals surface area contributed by atoms with Crippen LogP contribution in [0.2, 0.25) is 5.28 Å². The Balaban J connectivity index is 1.91. The van der Waals surface area contributed by atoms with E-state index in [1.807, 2.05) is 54.8 Å². The molecular formula is C19H14ClN3OS. The summed E-state index contributed by atoms with van der Waals surface area (Å²) in [6.45, 7) is 1.97. The fourth-order valence-electron chi connectivity index (χ4n) is 2.71. The van der Waals surface area contributed by atoms with Gasteiger partial charge in [-0.3, -0.25) is 0 Å². The number of nitrogens with one attached hydrogen (secondary N) is 1. The van der Waals surface area contributed by atoms with Crippen molar-refractivity contribution in [2.45, 2.75) is 6.92 Å². The molecule has 0 aliphatic carbocycles. The van der Waals surface area contributed by atoms with Gasteiger partial charge in [0.1, 0.15) is 16.4 Å². The van der Waals surface area contributed by atoms with Crippen molar-refractivity contribution in [3.05, 3.63) is 64.8 Å². The summed E-state index contributed by atoms with van der Waals surface area (Å²) < 4.78 is 0. The Hall–Kier alpha value is -2.63. The van der Waals surface area contributed by atoms with E-state index in [1.54, 1.807) is 6.07 Å². The van der Waals surface area contributed by atoms with Crippen molar-refractivity contribution in [1.82, 2.24) is 9.97 Å². The summed E-state index contributed by atoms with van der Waals surface area (Å²) in [7, 11) is 0. The number of aryl methyl sites for hydroxylation is 1. The van der Waals surface area contributed by atoms with Crippen LogP contribution in [-0.2, 0) is 0 Å². The number of nitrogens with zero attached hydrogens (tertiary/aromatic N) is 2. The number of fused-ring (bicyclic) bond motifs is 1. The average Bonchev–Trinajstić information content (AvgIpc) is 3.03. The number of halogens is 1. The zero-order valence-corrected chi connectivity index (χ0v) is 14.9. The van der Waals surface area contributed by atoms with Gasteiger partial charge in [0.05, 0.1) is 11.1 Å². The minimum atomic E-state index is 0.157. The third-order valence-electron chi connectivity index (χ3n) is 3.90. The smallest absolute Gasteiger partial charge is 0.225 e. The lowest BCUT2D eigenvalue weighted by molar-refractivity contribution is 0.477. The maximum atomic E-state index is 10.1. The van der Waals surface area contributed by atoms with Crippen molar-refractivity contribution < 1.29 is 5.11 Å². The Bertz CT molecular complexity index is 1060. The highest BCUT2D eigenvalue weighted by Crippen LogP contribution is 2.39. The maximum Gasteiger partial charge on any atom is 0.225 e. The molecule has 0 amide bonds. The monoisotopic (exact) mass is 367 g/mol. The lowest BCUT2D eigenvalue weighted by Gasteiger charge is -2.11. The molecule has 2 aromatic carbocycles. The zero-order chi connectivity index (χ0) is 17.4. The lowest BCUT2D eigenvalue weighted by atomic mass is 10.1. The summed E-state index contributed by atoms with van der Waals surface area (Å²) in [6, 6.07) is 15.4. The molecular weight excluding hydrogens is 354 g/mol. The molecule has 0 aliphatic rings. The van der Waals surface area contributed by atoms with Gasteiger partial charge in [0.15, 0.2) is 0 Å². The molecule has 0 radical (unpaired) electrons. The van der Waals surface area contributed by atoms with Crippen molar-refractivity contribution in [1.29, 1.82) is 0 Å². The van der Waals surface area contributed by atoms with Gasteiger partial charge in [-0.15, -0.1) is 11.3 Å². The van der Waals surface area contributed by atoms with Crippen LogP contribution in [0.5, 0.6) is 5.75 Å². The normalized spacial score (nSPS) is 11.0. The Morgan fingerprint density at radius 3 is 2.68 bits per heavy atom. The van der Waals surface area contributed by atoms with E-state index < -0.39 is 0 Å². The predicted molar refractivity (Wildman–Crippen MR) is 104 cm³/mol. The summed E-state index contributed by atoms with van der Waals surface area (Å²) in [5.74, 6) is 0.737. The highest BCUT2D eigenvalue weighted by atomic mass is 35.5. The van der Waals surface area contributed by atoms with Crippen molar-refractivity contribution in [2.24, 2.45) is 0 Å². The first kappa shape index (κ1) is 15.9. The van der Waals surface area contributed by atoms with E-state index in [1.165, 1.54) is 11.3 Å². The number of aromatic nitrogens is 2. The third-order valence-corrected chi connectivity index (χ3v) is 4.94. The summed E-state index contributed by atoms with van der Waals surface area (Å²) in [6.07, 6.45) is 0. The summed E-state index contributed by atoms with van der Waals surface area (Å²) in [4.78, 5) is 9.50. The molecule has 4 aromatic rings. The van der Waals surface area contributed by atoms with Gasteiger partial charge in [-0.1, -0.05) is 36.4 Å². The zero-order valence-electron chi connectivity index (χ0n) is 13.3. The van der Waals surface area contributed by atoms with Gasteiger partial charge in [-0.05, 0) is 41.8 Å². The standard InChI is InChI=1S/C19H14ClN3OS/c1-11-7-8-15(24)14(9-11)21-17-16-13(12-5-3-2-4-6-12)10-25-18(16)23-19(20)22-17/h2-10,24H,1H3,(H,21,22,23).